The number of nitrogens with zero attached hydrogens (tertiary/aromatic N) is 1. The van der Waals surface area contributed by atoms with Crippen LogP contribution in [-0.2, 0) is 17.5 Å². The molecule has 0 saturated carbocycles. The largest absolute Gasteiger partial charge is 0.416 e. The van der Waals surface area contributed by atoms with Gasteiger partial charge in [0.25, 0.3) is 5.92 Å². The van der Waals surface area contributed by atoms with Crippen molar-refractivity contribution in [2.75, 3.05) is 38.3 Å². The second-order valence-electron chi connectivity index (χ2n) is 5.54. The van der Waals surface area contributed by atoms with Gasteiger partial charge in [-0.05, 0) is 17.7 Å². The van der Waals surface area contributed by atoms with Gasteiger partial charge in [-0.25, -0.2) is 8.78 Å². The zero-order valence-corrected chi connectivity index (χ0v) is 12.7. The quantitative estimate of drug-likeness (QED) is 0.636. The summed E-state index contributed by atoms with van der Waals surface area (Å²) in [5.41, 5.74) is -0.0583. The zero-order valence-electron chi connectivity index (χ0n) is 12.7. The number of halogens is 5. The van der Waals surface area contributed by atoms with Crippen molar-refractivity contribution in [1.29, 1.82) is 0 Å². The molecule has 8 heteroatoms. The van der Waals surface area contributed by atoms with E-state index < -0.39 is 24.2 Å². The molecule has 2 rings (SSSR count). The Labute approximate surface area is 131 Å². The Bertz CT molecular complexity index is 533. The summed E-state index contributed by atoms with van der Waals surface area (Å²) >= 11 is 0. The lowest BCUT2D eigenvalue weighted by molar-refractivity contribution is -0.137. The highest BCUT2D eigenvalue weighted by Gasteiger charge is 2.39. The Morgan fingerprint density at radius 3 is 2.61 bits per heavy atom. The predicted octanol–water partition coefficient (Wildman–Crippen LogP) is 3.29. The molecule has 0 unspecified atom stereocenters. The third-order valence-corrected chi connectivity index (χ3v) is 3.72. The molecule has 1 fully saturated rings. The first-order valence-corrected chi connectivity index (χ1v) is 7.25. The summed E-state index contributed by atoms with van der Waals surface area (Å²) in [6, 6.07) is 3.27. The second kappa shape index (κ2) is 7.00. The molecule has 1 aliphatic heterocycles. The van der Waals surface area contributed by atoms with Crippen molar-refractivity contribution in [2.24, 2.45) is 0 Å². The Morgan fingerprint density at radius 1 is 1.30 bits per heavy atom. The molecule has 0 aromatic heterocycles. The highest BCUT2D eigenvalue weighted by atomic mass is 19.4. The zero-order chi connectivity index (χ0) is 17.1. The van der Waals surface area contributed by atoms with Gasteiger partial charge in [-0.1, -0.05) is 6.07 Å². The highest BCUT2D eigenvalue weighted by Crippen LogP contribution is 2.37. The third-order valence-electron chi connectivity index (χ3n) is 3.72. The minimum absolute atomic E-state index is 0.0411. The predicted molar refractivity (Wildman–Crippen MR) is 76.8 cm³/mol. The maximum atomic E-state index is 13.4. The standard InChI is InChI=1S/C15H19F5N2O/c1-23-7-5-21-9-11-2-3-12(15(18,19)20)8-13(11)22-6-4-14(16,17)10-22/h2-3,8,21H,4-7,9-10H2,1H3. The number of ether oxygens (including phenoxy) is 1. The summed E-state index contributed by atoms with van der Waals surface area (Å²) in [5.74, 6) is -2.87. The fraction of sp³-hybridized carbons (Fsp3) is 0.600. The van der Waals surface area contributed by atoms with Gasteiger partial charge in [-0.2, -0.15) is 13.2 Å². The average molecular weight is 338 g/mol. The van der Waals surface area contributed by atoms with Gasteiger partial charge in [0.05, 0.1) is 18.7 Å². The molecule has 0 bridgehead atoms. The number of hydrogen-bond acceptors (Lipinski definition) is 3. The SMILES string of the molecule is COCCNCc1ccc(C(F)(F)F)cc1N1CCC(F)(F)C1. The Morgan fingerprint density at radius 2 is 2.04 bits per heavy atom. The summed E-state index contributed by atoms with van der Waals surface area (Å²) in [6.45, 7) is 0.753. The van der Waals surface area contributed by atoms with Crippen LogP contribution in [0.3, 0.4) is 0 Å². The number of hydrogen-bond donors (Lipinski definition) is 1. The van der Waals surface area contributed by atoms with E-state index in [1.54, 1.807) is 0 Å². The van der Waals surface area contributed by atoms with Crippen molar-refractivity contribution in [3.63, 3.8) is 0 Å². The van der Waals surface area contributed by atoms with Gasteiger partial charge in [-0.3, -0.25) is 0 Å². The summed E-state index contributed by atoms with van der Waals surface area (Å²) in [7, 11) is 1.54. The van der Waals surface area contributed by atoms with Crippen molar-refractivity contribution < 1.29 is 26.7 Å². The first kappa shape index (κ1) is 17.9. The molecular weight excluding hydrogens is 319 g/mol. The fourth-order valence-corrected chi connectivity index (χ4v) is 2.52. The average Bonchev–Trinajstić information content (AvgIpc) is 2.83. The van der Waals surface area contributed by atoms with Crippen molar-refractivity contribution >= 4 is 5.69 Å². The van der Waals surface area contributed by atoms with Crippen molar-refractivity contribution in [3.8, 4) is 0 Å². The van der Waals surface area contributed by atoms with Gasteiger partial charge in [0, 0.05) is 38.9 Å². The molecule has 23 heavy (non-hydrogen) atoms. The van der Waals surface area contributed by atoms with Crippen molar-refractivity contribution in [3.05, 3.63) is 29.3 Å². The van der Waals surface area contributed by atoms with Crippen LogP contribution in [-0.4, -0.2) is 39.3 Å². The van der Waals surface area contributed by atoms with E-state index in [2.05, 4.69) is 5.32 Å². The number of nitrogens with one attached hydrogen (secondary N) is 1. The molecule has 0 aliphatic carbocycles. The number of benzene rings is 1. The van der Waals surface area contributed by atoms with E-state index in [-0.39, 0.29) is 18.7 Å². The minimum Gasteiger partial charge on any atom is -0.383 e. The molecule has 130 valence electrons. The molecule has 0 spiro atoms. The highest BCUT2D eigenvalue weighted by molar-refractivity contribution is 5.57. The van der Waals surface area contributed by atoms with Crippen LogP contribution in [0.4, 0.5) is 27.6 Å². The van der Waals surface area contributed by atoms with Crippen molar-refractivity contribution in [2.45, 2.75) is 25.1 Å². The summed E-state index contributed by atoms with van der Waals surface area (Å²) in [6.07, 6.45) is -4.85. The van der Waals surface area contributed by atoms with Crippen LogP contribution in [0.15, 0.2) is 18.2 Å². The summed E-state index contributed by atoms with van der Waals surface area (Å²) in [4.78, 5) is 1.32. The van der Waals surface area contributed by atoms with Gasteiger partial charge in [-0.15, -0.1) is 0 Å². The van der Waals surface area contributed by atoms with E-state index >= 15 is 0 Å². The molecule has 1 N–H and O–H groups in total. The topological polar surface area (TPSA) is 24.5 Å². The van der Waals surface area contributed by atoms with E-state index in [0.29, 0.717) is 25.3 Å². The second-order valence-corrected chi connectivity index (χ2v) is 5.54. The van der Waals surface area contributed by atoms with Crippen LogP contribution in [0.2, 0.25) is 0 Å². The number of alkyl halides is 5. The van der Waals surface area contributed by atoms with Gasteiger partial charge < -0.3 is 15.0 Å². The van der Waals surface area contributed by atoms with E-state index in [1.165, 1.54) is 18.1 Å². The maximum absolute atomic E-state index is 13.4. The molecule has 1 aromatic carbocycles. The van der Waals surface area contributed by atoms with Crippen LogP contribution < -0.4 is 10.2 Å². The van der Waals surface area contributed by atoms with E-state index in [1.807, 2.05) is 0 Å². The fourth-order valence-electron chi connectivity index (χ4n) is 2.52. The van der Waals surface area contributed by atoms with Crippen LogP contribution in [0, 0.1) is 0 Å². The molecular formula is C15H19F5N2O. The van der Waals surface area contributed by atoms with Crippen LogP contribution in [0.5, 0.6) is 0 Å². The first-order chi connectivity index (χ1) is 10.7. The Hall–Kier alpha value is -1.41. The third kappa shape index (κ3) is 4.78. The summed E-state index contributed by atoms with van der Waals surface area (Å²) < 4.78 is 70.4. The molecule has 0 radical (unpaired) electrons. The van der Waals surface area contributed by atoms with Gasteiger partial charge in [0.1, 0.15) is 0 Å². The minimum atomic E-state index is -4.50. The van der Waals surface area contributed by atoms with E-state index in [9.17, 15) is 22.0 Å². The van der Waals surface area contributed by atoms with Crippen LogP contribution in [0.25, 0.3) is 0 Å². The van der Waals surface area contributed by atoms with Gasteiger partial charge in [0.2, 0.25) is 0 Å². The molecule has 1 aromatic rings. The lowest BCUT2D eigenvalue weighted by Gasteiger charge is -2.23. The molecule has 1 saturated heterocycles. The molecule has 1 aliphatic rings. The van der Waals surface area contributed by atoms with Crippen molar-refractivity contribution in [1.82, 2.24) is 5.32 Å². The molecule has 1 heterocycles. The first-order valence-electron chi connectivity index (χ1n) is 7.25. The lowest BCUT2D eigenvalue weighted by Crippen LogP contribution is -2.27. The Kier molecular flexibility index (Phi) is 5.46. The number of rotatable bonds is 6. The molecule has 0 amide bonds. The Balaban J connectivity index is 2.23. The maximum Gasteiger partial charge on any atom is 0.416 e. The van der Waals surface area contributed by atoms with Gasteiger partial charge in [0.15, 0.2) is 0 Å². The number of anilines is 1. The smallest absolute Gasteiger partial charge is 0.383 e. The lowest BCUT2D eigenvalue weighted by atomic mass is 10.1. The van der Waals surface area contributed by atoms with Crippen LogP contribution in [0.1, 0.15) is 17.5 Å². The normalized spacial score (nSPS) is 17.7. The van der Waals surface area contributed by atoms with Gasteiger partial charge >= 0.3 is 6.18 Å². The number of methoxy groups -OCH3 is 1. The van der Waals surface area contributed by atoms with Crippen LogP contribution >= 0.6 is 0 Å². The molecule has 0 atom stereocenters. The van der Waals surface area contributed by atoms with E-state index in [0.717, 1.165) is 12.1 Å². The summed E-state index contributed by atoms with van der Waals surface area (Å²) in [5, 5.41) is 3.02. The molecule has 3 nitrogen and oxygen atoms in total. The monoisotopic (exact) mass is 338 g/mol. The van der Waals surface area contributed by atoms with E-state index in [4.69, 9.17) is 4.74 Å².